The Hall–Kier alpha value is -0.240. The molecule has 0 saturated heterocycles. The maximum atomic E-state index is 6.23. The van der Waals surface area contributed by atoms with Gasteiger partial charge < -0.3 is 5.32 Å². The van der Waals surface area contributed by atoms with Gasteiger partial charge in [0.15, 0.2) is 0 Å². The van der Waals surface area contributed by atoms with E-state index in [-0.39, 0.29) is 6.04 Å². The van der Waals surface area contributed by atoms with Gasteiger partial charge >= 0.3 is 0 Å². The van der Waals surface area contributed by atoms with Gasteiger partial charge in [-0.3, -0.25) is 0 Å². The standard InChI is InChI=1S/C15H23Cl2N/c1-5-12(6-2)10(3)18-11(4)14-8-7-13(16)9-15(14)17/h7-12,18H,5-6H2,1-4H3. The van der Waals surface area contributed by atoms with Crippen LogP contribution in [0, 0.1) is 5.92 Å². The second kappa shape index (κ2) is 7.37. The average molecular weight is 288 g/mol. The van der Waals surface area contributed by atoms with E-state index in [1.165, 1.54) is 12.8 Å². The third-order valence-corrected chi connectivity index (χ3v) is 4.26. The second-order valence-corrected chi connectivity index (χ2v) is 5.76. The molecule has 102 valence electrons. The van der Waals surface area contributed by atoms with Gasteiger partial charge in [0.05, 0.1) is 0 Å². The normalized spacial score (nSPS) is 14.8. The summed E-state index contributed by atoms with van der Waals surface area (Å²) >= 11 is 12.1. The van der Waals surface area contributed by atoms with Crippen LogP contribution in [-0.4, -0.2) is 6.04 Å². The van der Waals surface area contributed by atoms with Crippen molar-refractivity contribution in [3.8, 4) is 0 Å². The van der Waals surface area contributed by atoms with Crippen LogP contribution in [0.5, 0.6) is 0 Å². The van der Waals surface area contributed by atoms with Crippen molar-refractivity contribution in [1.82, 2.24) is 5.32 Å². The van der Waals surface area contributed by atoms with E-state index in [1.54, 1.807) is 6.07 Å². The number of benzene rings is 1. The van der Waals surface area contributed by atoms with Crippen LogP contribution in [0.3, 0.4) is 0 Å². The molecule has 0 amide bonds. The lowest BCUT2D eigenvalue weighted by Crippen LogP contribution is -2.35. The highest BCUT2D eigenvalue weighted by molar-refractivity contribution is 6.35. The fourth-order valence-corrected chi connectivity index (χ4v) is 3.04. The number of nitrogens with one attached hydrogen (secondary N) is 1. The van der Waals surface area contributed by atoms with Gasteiger partial charge in [-0.2, -0.15) is 0 Å². The van der Waals surface area contributed by atoms with E-state index in [0.29, 0.717) is 17.0 Å². The van der Waals surface area contributed by atoms with Gasteiger partial charge in [-0.1, -0.05) is 56.0 Å². The van der Waals surface area contributed by atoms with Gasteiger partial charge in [-0.05, 0) is 37.5 Å². The fraction of sp³-hybridized carbons (Fsp3) is 0.600. The molecule has 0 aliphatic carbocycles. The van der Waals surface area contributed by atoms with Gasteiger partial charge in [0.1, 0.15) is 0 Å². The molecule has 0 heterocycles. The van der Waals surface area contributed by atoms with Crippen LogP contribution in [0.1, 0.15) is 52.1 Å². The lowest BCUT2D eigenvalue weighted by atomic mass is 9.94. The highest BCUT2D eigenvalue weighted by atomic mass is 35.5. The molecule has 1 aromatic carbocycles. The Balaban J connectivity index is 2.72. The molecule has 1 aromatic rings. The Kier molecular flexibility index (Phi) is 6.48. The van der Waals surface area contributed by atoms with Crippen LogP contribution < -0.4 is 5.32 Å². The number of rotatable bonds is 6. The molecule has 18 heavy (non-hydrogen) atoms. The molecule has 2 atom stereocenters. The van der Waals surface area contributed by atoms with Gasteiger partial charge in [0.25, 0.3) is 0 Å². The highest BCUT2D eigenvalue weighted by Crippen LogP contribution is 2.27. The Morgan fingerprint density at radius 1 is 1.11 bits per heavy atom. The quantitative estimate of drug-likeness (QED) is 0.732. The molecule has 0 bridgehead atoms. The maximum Gasteiger partial charge on any atom is 0.0468 e. The molecule has 0 saturated carbocycles. The molecule has 0 aliphatic heterocycles. The minimum atomic E-state index is 0.241. The third kappa shape index (κ3) is 4.15. The van der Waals surface area contributed by atoms with Gasteiger partial charge in [0.2, 0.25) is 0 Å². The number of halogens is 2. The summed E-state index contributed by atoms with van der Waals surface area (Å²) in [4.78, 5) is 0. The van der Waals surface area contributed by atoms with E-state index in [0.717, 1.165) is 10.6 Å². The van der Waals surface area contributed by atoms with Crippen molar-refractivity contribution in [3.05, 3.63) is 33.8 Å². The summed E-state index contributed by atoms with van der Waals surface area (Å²) in [6, 6.07) is 6.43. The van der Waals surface area contributed by atoms with E-state index in [2.05, 4.69) is 33.0 Å². The van der Waals surface area contributed by atoms with Crippen LogP contribution in [0.4, 0.5) is 0 Å². The van der Waals surface area contributed by atoms with Crippen LogP contribution in [0.2, 0.25) is 10.0 Å². The molecule has 0 radical (unpaired) electrons. The first-order valence-electron chi connectivity index (χ1n) is 6.70. The summed E-state index contributed by atoms with van der Waals surface area (Å²) in [6.45, 7) is 8.88. The van der Waals surface area contributed by atoms with Crippen molar-refractivity contribution in [2.75, 3.05) is 0 Å². The highest BCUT2D eigenvalue weighted by Gasteiger charge is 2.17. The molecule has 1 rings (SSSR count). The molecule has 0 aromatic heterocycles. The molecule has 3 heteroatoms. The van der Waals surface area contributed by atoms with Crippen LogP contribution >= 0.6 is 23.2 Å². The first-order valence-corrected chi connectivity index (χ1v) is 7.46. The van der Waals surface area contributed by atoms with Crippen molar-refractivity contribution in [2.45, 2.75) is 52.6 Å². The van der Waals surface area contributed by atoms with Crippen molar-refractivity contribution in [1.29, 1.82) is 0 Å². The summed E-state index contributed by atoms with van der Waals surface area (Å²) < 4.78 is 0. The van der Waals surface area contributed by atoms with E-state index < -0.39 is 0 Å². The molecule has 0 spiro atoms. The van der Waals surface area contributed by atoms with Crippen molar-refractivity contribution < 1.29 is 0 Å². The molecule has 1 N–H and O–H groups in total. The zero-order valence-corrected chi connectivity index (χ0v) is 13.1. The largest absolute Gasteiger partial charge is 0.307 e. The Labute approximate surface area is 121 Å². The maximum absolute atomic E-state index is 6.23. The number of hydrogen-bond acceptors (Lipinski definition) is 1. The first-order chi connectivity index (χ1) is 8.49. The molecule has 1 nitrogen and oxygen atoms in total. The number of hydrogen-bond donors (Lipinski definition) is 1. The van der Waals surface area contributed by atoms with Crippen LogP contribution in [0.25, 0.3) is 0 Å². The first kappa shape index (κ1) is 15.8. The van der Waals surface area contributed by atoms with E-state index in [9.17, 15) is 0 Å². The molecular weight excluding hydrogens is 265 g/mol. The fourth-order valence-electron chi connectivity index (χ4n) is 2.47. The van der Waals surface area contributed by atoms with Crippen LogP contribution in [0.15, 0.2) is 18.2 Å². The minimum absolute atomic E-state index is 0.241. The zero-order chi connectivity index (χ0) is 13.7. The van der Waals surface area contributed by atoms with Crippen LogP contribution in [-0.2, 0) is 0 Å². The van der Waals surface area contributed by atoms with E-state index in [4.69, 9.17) is 23.2 Å². The summed E-state index contributed by atoms with van der Waals surface area (Å²) in [7, 11) is 0. The van der Waals surface area contributed by atoms with Gasteiger partial charge in [0, 0.05) is 22.1 Å². The Morgan fingerprint density at radius 3 is 2.22 bits per heavy atom. The third-order valence-electron chi connectivity index (χ3n) is 3.70. The SMILES string of the molecule is CCC(CC)C(C)NC(C)c1ccc(Cl)cc1Cl. The van der Waals surface area contributed by atoms with Crippen molar-refractivity contribution in [3.63, 3.8) is 0 Å². The lowest BCUT2D eigenvalue weighted by molar-refractivity contribution is 0.330. The minimum Gasteiger partial charge on any atom is -0.307 e. The molecule has 0 fully saturated rings. The monoisotopic (exact) mass is 287 g/mol. The summed E-state index contributed by atoms with van der Waals surface area (Å²) in [5.41, 5.74) is 1.11. The van der Waals surface area contributed by atoms with Gasteiger partial charge in [-0.25, -0.2) is 0 Å². The lowest BCUT2D eigenvalue weighted by Gasteiger charge is -2.27. The van der Waals surface area contributed by atoms with E-state index >= 15 is 0 Å². The molecule has 2 unspecified atom stereocenters. The smallest absolute Gasteiger partial charge is 0.0468 e. The van der Waals surface area contributed by atoms with E-state index in [1.807, 2.05) is 12.1 Å². The molecule has 0 aliphatic rings. The van der Waals surface area contributed by atoms with Crippen molar-refractivity contribution in [2.24, 2.45) is 5.92 Å². The summed E-state index contributed by atoms with van der Waals surface area (Å²) in [5, 5.41) is 5.05. The summed E-state index contributed by atoms with van der Waals surface area (Å²) in [6.07, 6.45) is 2.40. The second-order valence-electron chi connectivity index (χ2n) is 4.92. The van der Waals surface area contributed by atoms with Crippen molar-refractivity contribution >= 4 is 23.2 Å². The Bertz CT molecular complexity index is 375. The predicted molar refractivity (Wildman–Crippen MR) is 81.5 cm³/mol. The Morgan fingerprint density at radius 2 is 1.72 bits per heavy atom. The summed E-state index contributed by atoms with van der Waals surface area (Å²) in [5.74, 6) is 0.707. The zero-order valence-electron chi connectivity index (χ0n) is 11.6. The predicted octanol–water partition coefficient (Wildman–Crippen LogP) is 5.47. The molecular formula is C15H23Cl2N. The topological polar surface area (TPSA) is 12.0 Å². The average Bonchev–Trinajstić information content (AvgIpc) is 2.30. The van der Waals surface area contributed by atoms with Gasteiger partial charge in [-0.15, -0.1) is 0 Å².